The van der Waals surface area contributed by atoms with E-state index in [1.807, 2.05) is 6.07 Å². The molecule has 1 aromatic heterocycles. The number of pyridine rings is 1. The fraction of sp³-hybridized carbons (Fsp3) is 0.500. The Morgan fingerprint density at radius 3 is 3.07 bits per heavy atom. The number of aliphatic hydroxyl groups excluding tert-OH is 2. The largest absolute Gasteiger partial charge is 0.390 e. The number of hydrogen-bond donors (Lipinski definition) is 2. The topological polar surface area (TPSA) is 53.4 Å². The third-order valence-corrected chi connectivity index (χ3v) is 3.24. The molecule has 1 atom stereocenters. The summed E-state index contributed by atoms with van der Waals surface area (Å²) in [6, 6.07) is 1.82. The minimum absolute atomic E-state index is 0.0847. The van der Waals surface area contributed by atoms with Gasteiger partial charge >= 0.3 is 0 Å². The molecule has 4 heteroatoms. The van der Waals surface area contributed by atoms with Gasteiger partial charge in [0, 0.05) is 4.47 Å². The number of aromatic nitrogens is 1. The first kappa shape index (κ1) is 10.1. The van der Waals surface area contributed by atoms with Crippen molar-refractivity contribution < 1.29 is 10.2 Å². The Balaban J connectivity index is 2.51. The molecule has 0 saturated heterocycles. The molecule has 1 unspecified atom stereocenters. The van der Waals surface area contributed by atoms with E-state index in [1.54, 1.807) is 0 Å². The van der Waals surface area contributed by atoms with Gasteiger partial charge in [-0.2, -0.15) is 0 Å². The molecule has 0 radical (unpaired) electrons. The van der Waals surface area contributed by atoms with Crippen molar-refractivity contribution in [2.45, 2.75) is 32.0 Å². The number of halogens is 1. The van der Waals surface area contributed by atoms with Gasteiger partial charge in [0.25, 0.3) is 0 Å². The number of hydrogen-bond acceptors (Lipinski definition) is 3. The Labute approximate surface area is 90.9 Å². The lowest BCUT2D eigenvalue weighted by Gasteiger charge is -2.21. The lowest BCUT2D eigenvalue weighted by atomic mass is 9.93. The molecule has 76 valence electrons. The molecular weight excluding hydrogens is 246 g/mol. The van der Waals surface area contributed by atoms with Gasteiger partial charge in [0.05, 0.1) is 24.1 Å². The van der Waals surface area contributed by atoms with Crippen LogP contribution in [0.3, 0.4) is 0 Å². The van der Waals surface area contributed by atoms with Gasteiger partial charge in [0.1, 0.15) is 0 Å². The van der Waals surface area contributed by atoms with Gasteiger partial charge in [-0.15, -0.1) is 0 Å². The smallest absolute Gasteiger partial charge is 0.0963 e. The van der Waals surface area contributed by atoms with Crippen LogP contribution in [0, 0.1) is 0 Å². The van der Waals surface area contributed by atoms with Crippen molar-refractivity contribution in [1.82, 2.24) is 4.98 Å². The third-order valence-electron chi connectivity index (χ3n) is 2.54. The van der Waals surface area contributed by atoms with E-state index in [4.69, 9.17) is 5.11 Å². The van der Waals surface area contributed by atoms with Crippen LogP contribution in [-0.2, 0) is 13.0 Å². The van der Waals surface area contributed by atoms with Crippen LogP contribution >= 0.6 is 15.9 Å². The monoisotopic (exact) mass is 257 g/mol. The molecule has 14 heavy (non-hydrogen) atoms. The van der Waals surface area contributed by atoms with Crippen LogP contribution in [0.4, 0.5) is 0 Å². The number of rotatable bonds is 1. The fourth-order valence-corrected chi connectivity index (χ4v) is 2.49. The standard InChI is InChI=1S/C10H12BrNO2/c11-8-4-6(5-13)12-10-7(8)2-1-3-9(10)14/h4,9,13-14H,1-3,5H2. The zero-order valence-corrected chi connectivity index (χ0v) is 9.29. The average Bonchev–Trinajstić information content (AvgIpc) is 2.19. The van der Waals surface area contributed by atoms with E-state index in [-0.39, 0.29) is 6.61 Å². The Hall–Kier alpha value is -0.450. The highest BCUT2D eigenvalue weighted by molar-refractivity contribution is 9.10. The maximum absolute atomic E-state index is 9.74. The molecule has 0 spiro atoms. The van der Waals surface area contributed by atoms with Crippen molar-refractivity contribution in [2.75, 3.05) is 0 Å². The summed E-state index contributed by atoms with van der Waals surface area (Å²) in [5, 5.41) is 18.7. The van der Waals surface area contributed by atoms with E-state index < -0.39 is 6.10 Å². The van der Waals surface area contributed by atoms with Crippen LogP contribution < -0.4 is 0 Å². The molecule has 1 heterocycles. The second kappa shape index (κ2) is 3.96. The van der Waals surface area contributed by atoms with Crippen molar-refractivity contribution >= 4 is 15.9 Å². The Morgan fingerprint density at radius 1 is 1.57 bits per heavy atom. The summed E-state index contributed by atoms with van der Waals surface area (Å²) < 4.78 is 0.949. The quantitative estimate of drug-likeness (QED) is 0.806. The lowest BCUT2D eigenvalue weighted by Crippen LogP contribution is -2.13. The summed E-state index contributed by atoms with van der Waals surface area (Å²) >= 11 is 3.44. The SMILES string of the molecule is OCc1cc(Br)c2c(n1)C(O)CCC2. The van der Waals surface area contributed by atoms with Crippen molar-refractivity contribution in [3.63, 3.8) is 0 Å². The molecule has 3 nitrogen and oxygen atoms in total. The van der Waals surface area contributed by atoms with Crippen LogP contribution in [-0.4, -0.2) is 15.2 Å². The van der Waals surface area contributed by atoms with Crippen molar-refractivity contribution in [1.29, 1.82) is 0 Å². The molecule has 2 N–H and O–H groups in total. The van der Waals surface area contributed by atoms with E-state index in [2.05, 4.69) is 20.9 Å². The van der Waals surface area contributed by atoms with Crippen LogP contribution in [0.15, 0.2) is 10.5 Å². The van der Waals surface area contributed by atoms with Crippen LogP contribution in [0.1, 0.15) is 35.9 Å². The van der Waals surface area contributed by atoms with E-state index in [0.29, 0.717) is 5.69 Å². The fourth-order valence-electron chi connectivity index (χ4n) is 1.82. The Kier molecular flexibility index (Phi) is 2.85. The lowest BCUT2D eigenvalue weighted by molar-refractivity contribution is 0.150. The first-order valence-electron chi connectivity index (χ1n) is 4.69. The highest BCUT2D eigenvalue weighted by atomic mass is 79.9. The molecule has 0 fully saturated rings. The van der Waals surface area contributed by atoms with Gasteiger partial charge < -0.3 is 10.2 Å². The zero-order chi connectivity index (χ0) is 10.1. The van der Waals surface area contributed by atoms with Gasteiger partial charge in [-0.3, -0.25) is 4.98 Å². The predicted octanol–water partition coefficient (Wildman–Crippen LogP) is 1.71. The minimum Gasteiger partial charge on any atom is -0.390 e. The molecule has 1 aromatic rings. The summed E-state index contributed by atoms with van der Waals surface area (Å²) in [7, 11) is 0. The van der Waals surface area contributed by atoms with Gasteiger partial charge in [-0.25, -0.2) is 0 Å². The first-order chi connectivity index (χ1) is 6.72. The summed E-state index contributed by atoms with van der Waals surface area (Å²) in [6.45, 7) is -0.0847. The molecular formula is C10H12BrNO2. The highest BCUT2D eigenvalue weighted by Crippen LogP contribution is 2.33. The van der Waals surface area contributed by atoms with Crippen LogP contribution in [0.5, 0.6) is 0 Å². The normalized spacial score (nSPS) is 20.6. The van der Waals surface area contributed by atoms with Gasteiger partial charge in [0.2, 0.25) is 0 Å². The molecule has 0 saturated carbocycles. The summed E-state index contributed by atoms with van der Waals surface area (Å²) in [6.07, 6.45) is 2.24. The van der Waals surface area contributed by atoms with Crippen molar-refractivity contribution in [3.8, 4) is 0 Å². The molecule has 0 bridgehead atoms. The Morgan fingerprint density at radius 2 is 2.36 bits per heavy atom. The number of fused-ring (bicyclic) bond motifs is 1. The summed E-state index contributed by atoms with van der Waals surface area (Å²) in [4.78, 5) is 4.24. The maximum Gasteiger partial charge on any atom is 0.0963 e. The molecule has 0 aliphatic heterocycles. The van der Waals surface area contributed by atoms with Crippen LogP contribution in [0.25, 0.3) is 0 Å². The second-order valence-corrected chi connectivity index (χ2v) is 4.38. The maximum atomic E-state index is 9.74. The van der Waals surface area contributed by atoms with Crippen LogP contribution in [0.2, 0.25) is 0 Å². The van der Waals surface area contributed by atoms with E-state index in [9.17, 15) is 5.11 Å². The second-order valence-electron chi connectivity index (χ2n) is 3.53. The average molecular weight is 258 g/mol. The van der Waals surface area contributed by atoms with Gasteiger partial charge in [-0.1, -0.05) is 15.9 Å². The van der Waals surface area contributed by atoms with Crippen molar-refractivity contribution in [3.05, 3.63) is 27.5 Å². The molecule has 2 rings (SSSR count). The first-order valence-corrected chi connectivity index (χ1v) is 5.49. The zero-order valence-electron chi connectivity index (χ0n) is 7.70. The third kappa shape index (κ3) is 1.69. The Bertz CT molecular complexity index is 354. The summed E-state index contributed by atoms with van der Waals surface area (Å²) in [5.74, 6) is 0. The highest BCUT2D eigenvalue weighted by Gasteiger charge is 2.22. The number of nitrogens with zero attached hydrogens (tertiary/aromatic N) is 1. The van der Waals surface area contributed by atoms with E-state index in [1.165, 1.54) is 0 Å². The molecule has 0 aromatic carbocycles. The molecule has 1 aliphatic carbocycles. The van der Waals surface area contributed by atoms with E-state index >= 15 is 0 Å². The van der Waals surface area contributed by atoms with Gasteiger partial charge in [-0.05, 0) is 30.9 Å². The van der Waals surface area contributed by atoms with E-state index in [0.717, 1.165) is 35.0 Å². The van der Waals surface area contributed by atoms with Crippen molar-refractivity contribution in [2.24, 2.45) is 0 Å². The minimum atomic E-state index is -0.471. The molecule has 1 aliphatic rings. The predicted molar refractivity (Wildman–Crippen MR) is 55.8 cm³/mol. The number of aliphatic hydroxyl groups is 2. The molecule has 0 amide bonds. The summed E-state index contributed by atoms with van der Waals surface area (Å²) in [5.41, 5.74) is 2.42. The van der Waals surface area contributed by atoms with Gasteiger partial charge in [0.15, 0.2) is 0 Å².